The van der Waals surface area contributed by atoms with E-state index in [-0.39, 0.29) is 13.0 Å². The van der Waals surface area contributed by atoms with E-state index in [4.69, 9.17) is 34.8 Å². The summed E-state index contributed by atoms with van der Waals surface area (Å²) in [6.45, 7) is 8.14. The monoisotopic (exact) mass is 570 g/mol. The number of hydrogen-bond acceptors (Lipinski definition) is 2. The number of hydrogen-bond donors (Lipinski definition) is 0. The molecule has 3 aromatic rings. The molecule has 0 saturated heterocycles. The van der Waals surface area contributed by atoms with E-state index >= 15 is 0 Å². The van der Waals surface area contributed by atoms with Crippen molar-refractivity contribution in [3.05, 3.63) is 117 Å². The van der Waals surface area contributed by atoms with Crippen LogP contribution in [0, 0.1) is 5.82 Å². The molecule has 1 aromatic heterocycles. The lowest BCUT2D eigenvalue weighted by Gasteiger charge is -2.32. The van der Waals surface area contributed by atoms with Gasteiger partial charge in [0.2, 0.25) is 0 Å². The highest BCUT2D eigenvalue weighted by Crippen LogP contribution is 2.42. The molecule has 0 radical (unpaired) electrons. The molecule has 36 heavy (non-hydrogen) atoms. The third-order valence-corrected chi connectivity index (χ3v) is 8.07. The standard InChI is InChI=1S/C25H20Cl3F3N2S.C2H4/c1-25(16-3-5-20(26)22(28)10-16)8-6-18(30)11-19(31)7-9-33-23(25)13-32-24(33)34-14-15-2-4-17(29)12-21(15)27;1-2/h2-5,7,10-13H,6,8-9,14H2,1H3;1-2H2/b18-11+,19-7+;. The summed E-state index contributed by atoms with van der Waals surface area (Å²) in [6, 6.07) is 9.59. The lowest BCUT2D eigenvalue weighted by molar-refractivity contribution is 0.440. The van der Waals surface area contributed by atoms with Crippen LogP contribution in [0.4, 0.5) is 13.2 Å². The Morgan fingerprint density at radius 3 is 2.47 bits per heavy atom. The fourth-order valence-corrected chi connectivity index (χ4v) is 5.56. The van der Waals surface area contributed by atoms with E-state index in [0.717, 1.165) is 22.9 Å². The summed E-state index contributed by atoms with van der Waals surface area (Å²) in [6.07, 6.45) is 4.37. The van der Waals surface area contributed by atoms with Gasteiger partial charge in [-0.1, -0.05) is 58.7 Å². The highest BCUT2D eigenvalue weighted by atomic mass is 35.5. The lowest BCUT2D eigenvalue weighted by atomic mass is 9.75. The molecule has 2 aromatic carbocycles. The molecular formula is C27H24Cl3F3N2S. The predicted octanol–water partition coefficient (Wildman–Crippen LogP) is 9.88. The molecule has 2 heterocycles. The minimum absolute atomic E-state index is 0.0385. The molecule has 0 amide bonds. The van der Waals surface area contributed by atoms with Gasteiger partial charge in [-0.15, -0.1) is 13.2 Å². The van der Waals surface area contributed by atoms with Crippen molar-refractivity contribution in [2.24, 2.45) is 0 Å². The Labute approximate surface area is 228 Å². The van der Waals surface area contributed by atoms with Crippen LogP contribution >= 0.6 is 46.6 Å². The van der Waals surface area contributed by atoms with Crippen molar-refractivity contribution in [2.75, 3.05) is 0 Å². The fourth-order valence-electron chi connectivity index (χ4n) is 3.96. The fraction of sp³-hybridized carbons (Fsp3) is 0.222. The average molecular weight is 572 g/mol. The Morgan fingerprint density at radius 2 is 1.78 bits per heavy atom. The molecule has 190 valence electrons. The number of fused-ring (bicyclic) bond motifs is 1. The van der Waals surface area contributed by atoms with Gasteiger partial charge < -0.3 is 4.57 Å². The molecule has 1 unspecified atom stereocenters. The summed E-state index contributed by atoms with van der Waals surface area (Å²) >= 11 is 20.0. The minimum Gasteiger partial charge on any atom is -0.318 e. The molecule has 2 nitrogen and oxygen atoms in total. The van der Waals surface area contributed by atoms with Crippen LogP contribution in [0.1, 0.15) is 36.6 Å². The van der Waals surface area contributed by atoms with Gasteiger partial charge in [0, 0.05) is 40.9 Å². The maximum atomic E-state index is 14.4. The molecule has 4 rings (SSSR count). The summed E-state index contributed by atoms with van der Waals surface area (Å²) < 4.78 is 44.0. The molecule has 0 spiro atoms. The summed E-state index contributed by atoms with van der Waals surface area (Å²) in [5.41, 5.74) is 1.71. The SMILES string of the molecule is C=C.CC1(c2ccc(Cl)c(Cl)c2)CC/C(F)=C\C(F)=C/Cn2c1cnc2SCc1ccc(F)cc1Cl. The summed E-state index contributed by atoms with van der Waals surface area (Å²) in [7, 11) is 0. The van der Waals surface area contributed by atoms with Crippen LogP contribution in [0.3, 0.4) is 0 Å². The largest absolute Gasteiger partial charge is 0.318 e. The number of rotatable bonds is 4. The number of imidazole rings is 1. The van der Waals surface area contributed by atoms with Crippen LogP contribution in [0.15, 0.2) is 84.7 Å². The van der Waals surface area contributed by atoms with Crippen molar-refractivity contribution in [1.82, 2.24) is 9.55 Å². The molecule has 0 N–H and O–H groups in total. The quantitative estimate of drug-likeness (QED) is 0.229. The topological polar surface area (TPSA) is 17.8 Å². The first-order valence-electron chi connectivity index (χ1n) is 11.0. The number of thioether (sulfide) groups is 1. The normalized spacial score (nSPS) is 20.8. The maximum absolute atomic E-state index is 14.4. The number of halogens is 6. The van der Waals surface area contributed by atoms with Crippen molar-refractivity contribution >= 4 is 46.6 Å². The van der Waals surface area contributed by atoms with E-state index in [9.17, 15) is 13.2 Å². The van der Waals surface area contributed by atoms with Crippen molar-refractivity contribution < 1.29 is 13.2 Å². The second kappa shape index (κ2) is 12.4. The summed E-state index contributed by atoms with van der Waals surface area (Å²) in [5.74, 6) is -1.14. The van der Waals surface area contributed by atoms with Crippen molar-refractivity contribution in [2.45, 2.75) is 42.6 Å². The number of aromatic nitrogens is 2. The number of nitrogens with zero attached hydrogens (tertiary/aromatic N) is 2. The molecule has 9 heteroatoms. The van der Waals surface area contributed by atoms with Crippen LogP contribution in [-0.4, -0.2) is 9.55 Å². The predicted molar refractivity (Wildman–Crippen MR) is 145 cm³/mol. The van der Waals surface area contributed by atoms with Gasteiger partial charge in [-0.05, 0) is 54.8 Å². The third-order valence-electron chi connectivity index (χ3n) is 5.94. The zero-order valence-corrected chi connectivity index (χ0v) is 22.6. The summed E-state index contributed by atoms with van der Waals surface area (Å²) in [5, 5.41) is 1.78. The highest BCUT2D eigenvalue weighted by Gasteiger charge is 2.34. The molecule has 1 atom stereocenters. The van der Waals surface area contributed by atoms with Crippen LogP contribution in [0.2, 0.25) is 15.1 Å². The first-order chi connectivity index (χ1) is 17.2. The maximum Gasteiger partial charge on any atom is 0.168 e. The molecule has 1 aliphatic rings. The molecular weight excluding hydrogens is 548 g/mol. The Hall–Kier alpha value is -2.12. The molecule has 0 fully saturated rings. The first-order valence-corrected chi connectivity index (χ1v) is 13.1. The zero-order chi connectivity index (χ0) is 26.5. The van der Waals surface area contributed by atoms with Crippen LogP contribution < -0.4 is 0 Å². The van der Waals surface area contributed by atoms with Gasteiger partial charge in [-0.2, -0.15) is 0 Å². The second-order valence-corrected chi connectivity index (χ2v) is 10.4. The molecule has 0 aliphatic carbocycles. The summed E-state index contributed by atoms with van der Waals surface area (Å²) in [4.78, 5) is 4.60. The van der Waals surface area contributed by atoms with Crippen molar-refractivity contribution in [1.29, 1.82) is 0 Å². The smallest absolute Gasteiger partial charge is 0.168 e. The third kappa shape index (κ3) is 6.41. The first kappa shape index (κ1) is 28.5. The van der Waals surface area contributed by atoms with Gasteiger partial charge >= 0.3 is 0 Å². The van der Waals surface area contributed by atoms with Crippen LogP contribution in [0.25, 0.3) is 0 Å². The van der Waals surface area contributed by atoms with E-state index in [2.05, 4.69) is 18.1 Å². The van der Waals surface area contributed by atoms with Crippen LogP contribution in [0.5, 0.6) is 0 Å². The van der Waals surface area contributed by atoms with E-state index in [1.807, 2.05) is 17.6 Å². The lowest BCUT2D eigenvalue weighted by Crippen LogP contribution is -2.28. The molecule has 0 bridgehead atoms. The van der Waals surface area contributed by atoms with Gasteiger partial charge in [-0.3, -0.25) is 0 Å². The average Bonchev–Trinajstić information content (AvgIpc) is 3.26. The zero-order valence-electron chi connectivity index (χ0n) is 19.5. The van der Waals surface area contributed by atoms with Gasteiger partial charge in [0.25, 0.3) is 0 Å². The van der Waals surface area contributed by atoms with Gasteiger partial charge in [-0.25, -0.2) is 18.2 Å². The Kier molecular flexibility index (Phi) is 9.81. The molecule has 1 aliphatic heterocycles. The van der Waals surface area contributed by atoms with Gasteiger partial charge in [0.15, 0.2) is 5.16 Å². The van der Waals surface area contributed by atoms with Crippen LogP contribution in [-0.2, 0) is 17.7 Å². The van der Waals surface area contributed by atoms with E-state index in [0.29, 0.717) is 32.4 Å². The van der Waals surface area contributed by atoms with Gasteiger partial charge in [0.1, 0.15) is 17.5 Å². The van der Waals surface area contributed by atoms with Gasteiger partial charge in [0.05, 0.1) is 16.2 Å². The van der Waals surface area contributed by atoms with Crippen molar-refractivity contribution in [3.63, 3.8) is 0 Å². The minimum atomic E-state index is -0.680. The Bertz CT molecular complexity index is 1310. The van der Waals surface area contributed by atoms with E-state index < -0.39 is 22.9 Å². The molecule has 0 saturated carbocycles. The highest BCUT2D eigenvalue weighted by molar-refractivity contribution is 7.98. The Morgan fingerprint density at radius 1 is 1.03 bits per heavy atom. The van der Waals surface area contributed by atoms with E-state index in [1.54, 1.807) is 24.4 Å². The number of allylic oxidation sites excluding steroid dienone is 4. The van der Waals surface area contributed by atoms with E-state index in [1.165, 1.54) is 30.0 Å². The Balaban J connectivity index is 0.00000176. The number of benzene rings is 2. The second-order valence-electron chi connectivity index (χ2n) is 8.20. The van der Waals surface area contributed by atoms with Crippen molar-refractivity contribution in [3.8, 4) is 0 Å².